The van der Waals surface area contributed by atoms with E-state index in [1.165, 1.54) is 14.2 Å². The van der Waals surface area contributed by atoms with Crippen molar-refractivity contribution in [2.45, 2.75) is 90.3 Å². The summed E-state index contributed by atoms with van der Waals surface area (Å²) < 4.78 is 21.9. The van der Waals surface area contributed by atoms with E-state index in [-0.39, 0.29) is 41.8 Å². The van der Waals surface area contributed by atoms with E-state index in [2.05, 4.69) is 106 Å². The van der Waals surface area contributed by atoms with Crippen LogP contribution in [0.25, 0.3) is 55.5 Å². The molecule has 16 heteroatoms. The first-order chi connectivity index (χ1) is 33.9. The normalized spacial score (nSPS) is 19.1. The number of aromatic amines is 2. The maximum atomic E-state index is 14.1. The van der Waals surface area contributed by atoms with E-state index >= 15 is 0 Å². The van der Waals surface area contributed by atoms with E-state index < -0.39 is 24.3 Å². The lowest BCUT2D eigenvalue weighted by atomic mass is 9.97. The zero-order chi connectivity index (χ0) is 49.1. The average Bonchev–Trinajstić information content (AvgIpc) is 4.22. The lowest BCUT2D eigenvalue weighted by Gasteiger charge is -2.30. The molecule has 5 atom stereocenters. The minimum Gasteiger partial charge on any atom is -0.453 e. The Labute approximate surface area is 407 Å². The maximum Gasteiger partial charge on any atom is 0.407 e. The van der Waals surface area contributed by atoms with Crippen molar-refractivity contribution < 1.29 is 38.1 Å². The minimum atomic E-state index is -0.768. The number of amides is 4. The van der Waals surface area contributed by atoms with E-state index in [1.807, 2.05) is 38.8 Å². The molecule has 2 saturated heterocycles. The van der Waals surface area contributed by atoms with Crippen molar-refractivity contribution in [3.8, 4) is 44.8 Å². The molecule has 6 aromatic rings. The predicted octanol–water partition coefficient (Wildman–Crippen LogP) is 8.96. The van der Waals surface area contributed by atoms with Gasteiger partial charge in [-0.2, -0.15) is 0 Å². The number of aromatic nitrogens is 4. The number of nitrogens with zero attached hydrogens (tertiary/aromatic N) is 4. The second-order valence-corrected chi connectivity index (χ2v) is 19.1. The number of benzene rings is 4. The van der Waals surface area contributed by atoms with Crippen LogP contribution >= 0.6 is 0 Å². The van der Waals surface area contributed by atoms with Gasteiger partial charge in [0.2, 0.25) is 11.8 Å². The van der Waals surface area contributed by atoms with Gasteiger partial charge in [0.1, 0.15) is 23.7 Å². The van der Waals surface area contributed by atoms with Crippen molar-refractivity contribution >= 4 is 34.8 Å². The van der Waals surface area contributed by atoms with Crippen LogP contribution in [0.5, 0.6) is 0 Å². The summed E-state index contributed by atoms with van der Waals surface area (Å²) in [6, 6.07) is 27.7. The lowest BCUT2D eigenvalue weighted by Crippen LogP contribution is -2.51. The summed E-state index contributed by atoms with van der Waals surface area (Å²) in [5.74, 6) is 0.772. The summed E-state index contributed by atoms with van der Waals surface area (Å²) in [7, 11) is 2.58. The zero-order valence-corrected chi connectivity index (χ0v) is 40.6. The topological polar surface area (TPSA) is 193 Å². The zero-order valence-electron chi connectivity index (χ0n) is 40.6. The highest BCUT2D eigenvalue weighted by Gasteiger charge is 2.43. The summed E-state index contributed by atoms with van der Waals surface area (Å²) in [5.41, 5.74) is 8.77. The number of imidazole rings is 2. The van der Waals surface area contributed by atoms with Gasteiger partial charge in [-0.25, -0.2) is 19.6 Å². The molecule has 16 nitrogen and oxygen atoms in total. The van der Waals surface area contributed by atoms with Crippen molar-refractivity contribution in [1.82, 2.24) is 40.4 Å². The molecule has 4 amide bonds. The molecule has 5 heterocycles. The van der Waals surface area contributed by atoms with Gasteiger partial charge in [-0.3, -0.25) is 9.59 Å². The quantitative estimate of drug-likeness (QED) is 0.0975. The van der Waals surface area contributed by atoms with E-state index in [9.17, 15) is 19.2 Å². The molecule has 0 unspecified atom stereocenters. The molecule has 4 aromatic carbocycles. The van der Waals surface area contributed by atoms with Gasteiger partial charge in [-0.1, -0.05) is 100 Å². The third-order valence-corrected chi connectivity index (χ3v) is 13.8. The van der Waals surface area contributed by atoms with Crippen LogP contribution < -0.4 is 10.6 Å². The van der Waals surface area contributed by atoms with E-state index in [0.29, 0.717) is 45.2 Å². The predicted molar refractivity (Wildman–Crippen MR) is 265 cm³/mol. The summed E-state index contributed by atoms with van der Waals surface area (Å²) in [5, 5.41) is 7.65. The van der Waals surface area contributed by atoms with Crippen LogP contribution in [0.1, 0.15) is 82.8 Å². The molecule has 2 aromatic heterocycles. The molecule has 2 fully saturated rings. The fourth-order valence-corrected chi connectivity index (χ4v) is 9.93. The number of alkyl carbamates (subject to hydrolysis) is 2. The molecule has 0 radical (unpaired) electrons. The van der Waals surface area contributed by atoms with Crippen LogP contribution in [0.2, 0.25) is 0 Å². The largest absolute Gasteiger partial charge is 0.453 e. The number of ether oxygens (including phenoxy) is 4. The molecule has 0 saturated carbocycles. The first-order valence-electron chi connectivity index (χ1n) is 24.3. The van der Waals surface area contributed by atoms with Crippen molar-refractivity contribution in [2.75, 3.05) is 40.5 Å². The van der Waals surface area contributed by atoms with Crippen molar-refractivity contribution in [1.29, 1.82) is 0 Å². The molecule has 70 heavy (non-hydrogen) atoms. The maximum absolute atomic E-state index is 14.1. The first-order valence-corrected chi connectivity index (χ1v) is 24.3. The van der Waals surface area contributed by atoms with Crippen molar-refractivity contribution in [3.05, 3.63) is 108 Å². The number of rotatable bonds is 11. The second-order valence-electron chi connectivity index (χ2n) is 19.1. The van der Waals surface area contributed by atoms with Gasteiger partial charge < -0.3 is 49.3 Å². The second kappa shape index (κ2) is 20.9. The Morgan fingerprint density at radius 2 is 1.24 bits per heavy atom. The third-order valence-electron chi connectivity index (χ3n) is 13.8. The van der Waals surface area contributed by atoms with Crippen LogP contribution in [0.4, 0.5) is 9.59 Å². The molecule has 4 bridgehead atoms. The Kier molecular flexibility index (Phi) is 14.3. The van der Waals surface area contributed by atoms with E-state index in [0.717, 1.165) is 86.3 Å². The van der Waals surface area contributed by atoms with Gasteiger partial charge in [0.05, 0.1) is 62.3 Å². The van der Waals surface area contributed by atoms with Gasteiger partial charge in [0.15, 0.2) is 0 Å². The Hall–Kier alpha value is -7.04. The Balaban J connectivity index is 0.888. The number of likely N-dealkylation sites (tertiary alicyclic amines) is 2. The molecule has 9 rings (SSSR count). The summed E-state index contributed by atoms with van der Waals surface area (Å²) in [4.78, 5) is 72.5. The lowest BCUT2D eigenvalue weighted by molar-refractivity contribution is -0.136. The number of hydrogen-bond donors (Lipinski definition) is 4. The van der Waals surface area contributed by atoms with Crippen LogP contribution in [0.15, 0.2) is 91.1 Å². The van der Waals surface area contributed by atoms with Gasteiger partial charge in [0.25, 0.3) is 0 Å². The summed E-state index contributed by atoms with van der Waals surface area (Å²) in [6.45, 7) is 9.97. The number of H-pyrrole nitrogens is 2. The number of fused-ring (bicyclic) bond motifs is 6. The molecule has 3 aliphatic heterocycles. The van der Waals surface area contributed by atoms with Crippen LogP contribution in [0, 0.1) is 11.8 Å². The van der Waals surface area contributed by atoms with Crippen molar-refractivity contribution in [3.63, 3.8) is 0 Å². The molecule has 4 N–H and O–H groups in total. The molecule has 0 spiro atoms. The Morgan fingerprint density at radius 3 is 1.87 bits per heavy atom. The minimum absolute atomic E-state index is 0.109. The van der Waals surface area contributed by atoms with Gasteiger partial charge in [-0.05, 0) is 76.3 Å². The molecule has 366 valence electrons. The Morgan fingerprint density at radius 1 is 0.671 bits per heavy atom. The Bertz CT molecular complexity index is 2840. The average molecular weight is 951 g/mol. The fraction of sp³-hybridized carbons (Fsp3) is 0.407. The van der Waals surface area contributed by atoms with Crippen LogP contribution in [-0.4, -0.2) is 112 Å². The number of methoxy groups -OCH3 is 2. The number of hydrogen-bond acceptors (Lipinski definition) is 10. The highest BCUT2D eigenvalue weighted by atomic mass is 16.5. The number of nitrogens with one attached hydrogen (secondary N) is 4. The summed E-state index contributed by atoms with van der Waals surface area (Å²) in [6.07, 6.45) is 3.30. The SMILES string of the molecule is COC(=O)N[C@H](C(=O)N1C[C@@H]2C[C@H]1c1nc(-c3ccc(-c4ccc(-c5ccc6cc(-c7cnc([C@@H]8CCCN8C(=O)[C@H](NC(=O)OC)C(C)C)[nH]7)ccc6c5)cc4)cc3)c([nH]1)COCCCO2)C(C)C. The van der Waals surface area contributed by atoms with Gasteiger partial charge in [-0.15, -0.1) is 0 Å². The molecular weight excluding hydrogens is 889 g/mol. The van der Waals surface area contributed by atoms with Crippen molar-refractivity contribution in [2.24, 2.45) is 11.8 Å². The van der Waals surface area contributed by atoms with Gasteiger partial charge in [0, 0.05) is 43.9 Å². The molecule has 3 aliphatic rings. The highest BCUT2D eigenvalue weighted by molar-refractivity contribution is 5.91. The number of carbonyl (C=O) groups is 4. The summed E-state index contributed by atoms with van der Waals surface area (Å²) >= 11 is 0. The molecular formula is C54H62N8O8. The molecule has 0 aliphatic carbocycles. The van der Waals surface area contributed by atoms with E-state index in [4.69, 9.17) is 28.9 Å². The fourth-order valence-electron chi connectivity index (χ4n) is 9.93. The highest BCUT2D eigenvalue weighted by Crippen LogP contribution is 2.38. The van der Waals surface area contributed by atoms with Crippen LogP contribution in [0.3, 0.4) is 0 Å². The third kappa shape index (κ3) is 10.1. The first kappa shape index (κ1) is 48.0. The smallest absolute Gasteiger partial charge is 0.407 e. The standard InChI is InChI=1S/C54H62N8O8/c1-31(2)46(59-53(65)67-5)51(63)61-22-7-9-44(61)49-55-28-42(56-49)40-21-20-38-25-37(18-19-39(38)26-40)35-12-10-33(11-13-35)34-14-16-36(17-15-34)48-43-30-69-23-8-24-70-41-27-45(50(57-43)58-48)62(29-41)52(64)47(32(3)4)60-54(66)68-6/h10-21,25-26,28,31-32,41,44-47H,7-9,22-24,27,29-30H2,1-6H3,(H,55,56)(H,57,58)(H,59,65)(H,60,66)/t41-,44-,45-,46+,47-/m0/s1. The van der Waals surface area contributed by atoms with Crippen LogP contribution in [-0.2, 0) is 35.1 Å². The number of carbonyl (C=O) groups excluding carboxylic acids is 4. The van der Waals surface area contributed by atoms with Gasteiger partial charge >= 0.3 is 12.2 Å². The monoisotopic (exact) mass is 950 g/mol. The van der Waals surface area contributed by atoms with E-state index in [1.54, 1.807) is 4.90 Å².